The van der Waals surface area contributed by atoms with Crippen molar-refractivity contribution in [2.75, 3.05) is 26.4 Å². The molecule has 0 aromatic rings. The van der Waals surface area contributed by atoms with Crippen LogP contribution in [0.15, 0.2) is 24.3 Å². The van der Waals surface area contributed by atoms with Gasteiger partial charge >= 0.3 is 13.8 Å². The van der Waals surface area contributed by atoms with Gasteiger partial charge in [-0.1, -0.05) is 192 Å². The lowest BCUT2D eigenvalue weighted by Crippen LogP contribution is -2.27. The number of hydrogen-bond acceptors (Lipinski definition) is 7. The van der Waals surface area contributed by atoms with E-state index in [4.69, 9.17) is 13.8 Å². The second-order valence-electron chi connectivity index (χ2n) is 15.4. The van der Waals surface area contributed by atoms with Crippen LogP contribution in [0.1, 0.15) is 219 Å². The van der Waals surface area contributed by atoms with E-state index in [1.807, 2.05) is 0 Å². The van der Waals surface area contributed by atoms with Crippen LogP contribution in [0.25, 0.3) is 0 Å². The summed E-state index contributed by atoms with van der Waals surface area (Å²) in [6.45, 7) is 3.52. The van der Waals surface area contributed by atoms with Gasteiger partial charge in [0.05, 0.1) is 13.2 Å². The molecule has 0 saturated heterocycles. The third kappa shape index (κ3) is 43.5. The van der Waals surface area contributed by atoms with Crippen LogP contribution in [0.4, 0.5) is 0 Å². The van der Waals surface area contributed by atoms with Crippen molar-refractivity contribution in [2.24, 2.45) is 0 Å². The molecular formula is C45H86NO8P. The number of rotatable bonds is 43. The fourth-order valence-corrected chi connectivity index (χ4v) is 7.16. The molecule has 0 spiro atoms. The van der Waals surface area contributed by atoms with Crippen molar-refractivity contribution in [3.05, 3.63) is 24.3 Å². The SMILES string of the molecule is CCCC/C=C\C/C=C\CCCCCCCC(=O)OCC(O)COP(=O)(O)OCCNC(=O)CCCCCCCCCCCCCCCCCCCCCC. The summed E-state index contributed by atoms with van der Waals surface area (Å²) in [7, 11) is -4.42. The number of esters is 1. The van der Waals surface area contributed by atoms with Crippen molar-refractivity contribution in [1.29, 1.82) is 0 Å². The Morgan fingerprint density at radius 3 is 1.51 bits per heavy atom. The molecule has 1 amide bonds. The number of unbranched alkanes of at least 4 members (excludes halogenated alkanes) is 26. The first-order valence-electron chi connectivity index (χ1n) is 22.8. The number of aliphatic hydroxyl groups excluding tert-OH is 1. The molecule has 0 aliphatic carbocycles. The van der Waals surface area contributed by atoms with Crippen LogP contribution in [0.3, 0.4) is 0 Å². The molecule has 0 aliphatic heterocycles. The summed E-state index contributed by atoms with van der Waals surface area (Å²) in [4.78, 5) is 33.9. The molecule has 0 aliphatic rings. The number of phosphoric ester groups is 1. The Labute approximate surface area is 338 Å². The summed E-state index contributed by atoms with van der Waals surface area (Å²) >= 11 is 0. The molecule has 10 heteroatoms. The average molecular weight is 800 g/mol. The molecule has 0 aromatic carbocycles. The number of nitrogens with one attached hydrogen (secondary N) is 1. The highest BCUT2D eigenvalue weighted by Crippen LogP contribution is 2.42. The zero-order valence-electron chi connectivity index (χ0n) is 35.6. The maximum Gasteiger partial charge on any atom is 0.472 e. The van der Waals surface area contributed by atoms with E-state index in [0.29, 0.717) is 6.42 Å². The number of aliphatic hydroxyl groups is 1. The van der Waals surface area contributed by atoms with Crippen molar-refractivity contribution >= 4 is 19.7 Å². The van der Waals surface area contributed by atoms with Gasteiger partial charge in [-0.25, -0.2) is 4.57 Å². The van der Waals surface area contributed by atoms with E-state index in [1.54, 1.807) is 0 Å². The first-order valence-corrected chi connectivity index (χ1v) is 24.3. The standard InChI is InChI=1S/C45H86NO8P/c1-3-5-7-9-11-13-15-17-19-20-21-22-23-24-25-27-29-31-33-35-37-44(48)46-39-40-53-55(50,51)54-42-43(47)41-52-45(49)38-36-34-32-30-28-26-18-16-14-12-10-8-6-4-2/h10,12,16,18,43,47H,3-9,11,13-15,17,19-42H2,1-2H3,(H,46,48)(H,50,51)/b12-10-,18-16-. The van der Waals surface area contributed by atoms with E-state index in [2.05, 4.69) is 43.5 Å². The first-order chi connectivity index (χ1) is 26.8. The molecule has 3 N–H and O–H groups in total. The summed E-state index contributed by atoms with van der Waals surface area (Å²) in [5, 5.41) is 12.7. The Hall–Kier alpha value is -1.51. The molecular weight excluding hydrogens is 713 g/mol. The summed E-state index contributed by atoms with van der Waals surface area (Å²) < 4.78 is 26.9. The maximum absolute atomic E-state index is 12.1. The monoisotopic (exact) mass is 800 g/mol. The van der Waals surface area contributed by atoms with Crippen molar-refractivity contribution in [2.45, 2.75) is 225 Å². The van der Waals surface area contributed by atoms with E-state index < -0.39 is 26.5 Å². The van der Waals surface area contributed by atoms with Gasteiger partial charge in [0, 0.05) is 19.4 Å². The lowest BCUT2D eigenvalue weighted by Gasteiger charge is -2.15. The predicted octanol–water partition coefficient (Wildman–Crippen LogP) is 12.8. The molecule has 0 bridgehead atoms. The Morgan fingerprint density at radius 2 is 1.00 bits per heavy atom. The second-order valence-corrected chi connectivity index (χ2v) is 16.8. The topological polar surface area (TPSA) is 131 Å². The van der Waals surface area contributed by atoms with Crippen LogP contribution < -0.4 is 5.32 Å². The van der Waals surface area contributed by atoms with Crippen LogP contribution in [0.5, 0.6) is 0 Å². The van der Waals surface area contributed by atoms with Crippen LogP contribution in [0, 0.1) is 0 Å². The lowest BCUT2D eigenvalue weighted by molar-refractivity contribution is -0.147. The Balaban J connectivity index is 3.56. The molecule has 0 aromatic heterocycles. The molecule has 0 heterocycles. The summed E-state index contributed by atoms with van der Waals surface area (Å²) in [5.41, 5.74) is 0. The molecule has 0 fully saturated rings. The smallest absolute Gasteiger partial charge is 0.463 e. The molecule has 0 rings (SSSR count). The maximum atomic E-state index is 12.1. The number of ether oxygens (including phenoxy) is 1. The van der Waals surface area contributed by atoms with Gasteiger partial charge in [-0.2, -0.15) is 0 Å². The molecule has 2 unspecified atom stereocenters. The average Bonchev–Trinajstić information content (AvgIpc) is 3.17. The van der Waals surface area contributed by atoms with E-state index in [1.165, 1.54) is 128 Å². The van der Waals surface area contributed by atoms with Gasteiger partial charge in [-0.05, 0) is 38.5 Å². The van der Waals surface area contributed by atoms with Gasteiger partial charge in [0.1, 0.15) is 12.7 Å². The Morgan fingerprint density at radius 1 is 0.564 bits per heavy atom. The molecule has 324 valence electrons. The minimum Gasteiger partial charge on any atom is -0.463 e. The van der Waals surface area contributed by atoms with E-state index in [0.717, 1.165) is 64.2 Å². The highest BCUT2D eigenvalue weighted by atomic mass is 31.2. The van der Waals surface area contributed by atoms with Gasteiger partial charge in [-0.15, -0.1) is 0 Å². The number of carbonyl (C=O) groups excluding carboxylic acids is 2. The van der Waals surface area contributed by atoms with Gasteiger partial charge in [0.2, 0.25) is 5.91 Å². The minimum absolute atomic E-state index is 0.0836. The Kier molecular flexibility index (Phi) is 40.9. The van der Waals surface area contributed by atoms with E-state index in [9.17, 15) is 24.2 Å². The van der Waals surface area contributed by atoms with Gasteiger partial charge < -0.3 is 20.1 Å². The van der Waals surface area contributed by atoms with Crippen molar-refractivity contribution in [1.82, 2.24) is 5.32 Å². The van der Waals surface area contributed by atoms with Gasteiger partial charge in [0.25, 0.3) is 0 Å². The zero-order chi connectivity index (χ0) is 40.3. The third-order valence-electron chi connectivity index (χ3n) is 9.88. The Bertz CT molecular complexity index is 959. The molecule has 0 radical (unpaired) electrons. The number of amides is 1. The third-order valence-corrected chi connectivity index (χ3v) is 10.9. The van der Waals surface area contributed by atoms with Crippen LogP contribution >= 0.6 is 7.82 Å². The summed E-state index contributed by atoms with van der Waals surface area (Å²) in [5.74, 6) is -0.523. The quantitative estimate of drug-likeness (QED) is 0.0240. The minimum atomic E-state index is -4.42. The number of allylic oxidation sites excluding steroid dienone is 4. The van der Waals surface area contributed by atoms with Gasteiger partial charge in [-0.3, -0.25) is 18.6 Å². The normalized spacial score (nSPS) is 13.5. The van der Waals surface area contributed by atoms with Crippen molar-refractivity contribution in [3.63, 3.8) is 0 Å². The molecule has 2 atom stereocenters. The van der Waals surface area contributed by atoms with Crippen molar-refractivity contribution < 1.29 is 37.9 Å². The molecule has 55 heavy (non-hydrogen) atoms. The molecule has 9 nitrogen and oxygen atoms in total. The van der Waals surface area contributed by atoms with Crippen LogP contribution in [-0.4, -0.2) is 54.3 Å². The van der Waals surface area contributed by atoms with Crippen LogP contribution in [-0.2, 0) is 27.9 Å². The first kappa shape index (κ1) is 53.5. The highest BCUT2D eigenvalue weighted by Gasteiger charge is 2.23. The zero-order valence-corrected chi connectivity index (χ0v) is 36.5. The number of phosphoric acid groups is 1. The van der Waals surface area contributed by atoms with Gasteiger partial charge in [0.15, 0.2) is 0 Å². The summed E-state index contributed by atoms with van der Waals surface area (Å²) in [6, 6.07) is 0. The number of hydrogen-bond donors (Lipinski definition) is 3. The largest absolute Gasteiger partial charge is 0.472 e. The second kappa shape index (κ2) is 42.1. The molecule has 0 saturated carbocycles. The predicted molar refractivity (Wildman–Crippen MR) is 229 cm³/mol. The van der Waals surface area contributed by atoms with Crippen molar-refractivity contribution in [3.8, 4) is 0 Å². The summed E-state index contributed by atoms with van der Waals surface area (Å²) in [6.07, 6.45) is 45.4. The fraction of sp³-hybridized carbons (Fsp3) is 0.867. The number of carbonyl (C=O) groups is 2. The van der Waals surface area contributed by atoms with E-state index in [-0.39, 0.29) is 32.1 Å². The van der Waals surface area contributed by atoms with Crippen LogP contribution in [0.2, 0.25) is 0 Å². The lowest BCUT2D eigenvalue weighted by atomic mass is 10.0. The fourth-order valence-electron chi connectivity index (χ4n) is 6.40. The van der Waals surface area contributed by atoms with E-state index >= 15 is 0 Å². The highest BCUT2D eigenvalue weighted by molar-refractivity contribution is 7.47.